The fourth-order valence-corrected chi connectivity index (χ4v) is 1.41. The van der Waals surface area contributed by atoms with E-state index >= 15 is 0 Å². The second-order valence-corrected chi connectivity index (χ2v) is 3.33. The van der Waals surface area contributed by atoms with E-state index in [0.717, 1.165) is 6.07 Å². The van der Waals surface area contributed by atoms with Gasteiger partial charge in [0.25, 0.3) is 0 Å². The summed E-state index contributed by atoms with van der Waals surface area (Å²) in [4.78, 5) is 0. The minimum atomic E-state index is -5.30. The molecule has 0 aliphatic heterocycles. The lowest BCUT2D eigenvalue weighted by Gasteiger charge is -2.17. The van der Waals surface area contributed by atoms with E-state index in [4.69, 9.17) is 10.4 Å². The quantitative estimate of drug-likeness (QED) is 0.796. The Balaban J connectivity index is 3.71. The maximum atomic E-state index is 12.5. The largest absolute Gasteiger partial charge is 0.418 e. The molecule has 0 spiro atoms. The molecule has 0 atom stereocenters. The lowest BCUT2D eigenvalue weighted by atomic mass is 9.97. The Labute approximate surface area is 97.1 Å². The number of rotatable bonds is 1. The molecule has 0 unspecified atom stereocenters. The number of alkyl halides is 6. The van der Waals surface area contributed by atoms with Crippen LogP contribution in [0, 0.1) is 11.3 Å². The van der Waals surface area contributed by atoms with Gasteiger partial charge < -0.3 is 5.11 Å². The van der Waals surface area contributed by atoms with Gasteiger partial charge in [0.2, 0.25) is 0 Å². The summed E-state index contributed by atoms with van der Waals surface area (Å²) in [5.41, 5.74) is -5.58. The van der Waals surface area contributed by atoms with E-state index in [2.05, 4.69) is 0 Å². The number of benzene rings is 1. The highest BCUT2D eigenvalue weighted by molar-refractivity contribution is 5.48. The van der Waals surface area contributed by atoms with Crippen LogP contribution < -0.4 is 0 Å². The molecule has 0 radical (unpaired) electrons. The Bertz CT molecular complexity index is 497. The van der Waals surface area contributed by atoms with Crippen molar-refractivity contribution in [2.45, 2.75) is 19.0 Å². The Kier molecular flexibility index (Phi) is 3.57. The fourth-order valence-electron chi connectivity index (χ4n) is 1.41. The summed E-state index contributed by atoms with van der Waals surface area (Å²) in [5, 5.41) is 17.2. The highest BCUT2D eigenvalue weighted by Gasteiger charge is 2.45. The molecule has 8 heteroatoms. The van der Waals surface area contributed by atoms with Gasteiger partial charge in [0.05, 0.1) is 29.4 Å². The zero-order chi connectivity index (χ0) is 14.1. The van der Waals surface area contributed by atoms with Gasteiger partial charge in [-0.15, -0.1) is 0 Å². The number of nitrogens with zero attached hydrogens (tertiary/aromatic N) is 1. The van der Waals surface area contributed by atoms with Crippen molar-refractivity contribution in [3.05, 3.63) is 34.4 Å². The van der Waals surface area contributed by atoms with Crippen molar-refractivity contribution in [1.29, 1.82) is 5.26 Å². The molecule has 0 aliphatic carbocycles. The highest BCUT2D eigenvalue weighted by atomic mass is 19.4. The first-order valence-electron chi connectivity index (χ1n) is 4.43. The monoisotopic (exact) mass is 269 g/mol. The smallest absolute Gasteiger partial charge is 0.392 e. The summed E-state index contributed by atoms with van der Waals surface area (Å²) in [5.74, 6) is 0. The normalized spacial score (nSPS) is 12.3. The molecule has 98 valence electrons. The molecule has 1 aromatic carbocycles. The predicted octanol–water partition coefficient (Wildman–Crippen LogP) is 3.09. The van der Waals surface area contributed by atoms with Gasteiger partial charge in [0.15, 0.2) is 0 Å². The van der Waals surface area contributed by atoms with Gasteiger partial charge in [-0.05, 0) is 17.7 Å². The first kappa shape index (κ1) is 14.3. The maximum absolute atomic E-state index is 12.5. The SMILES string of the molecule is N#Cc1cc(CO)cc(C(F)(F)F)c1C(F)(F)F. The molecule has 0 saturated heterocycles. The Morgan fingerprint density at radius 1 is 1.06 bits per heavy atom. The molecule has 0 aliphatic rings. The molecule has 0 bridgehead atoms. The first-order chi connectivity index (χ1) is 8.11. The molecule has 18 heavy (non-hydrogen) atoms. The summed E-state index contributed by atoms with van der Waals surface area (Å²) in [6, 6.07) is 1.82. The van der Waals surface area contributed by atoms with Crippen molar-refractivity contribution in [2.24, 2.45) is 0 Å². The Hall–Kier alpha value is -1.75. The third kappa shape index (κ3) is 2.73. The number of hydrogen-bond donors (Lipinski definition) is 1. The first-order valence-corrected chi connectivity index (χ1v) is 4.43. The second kappa shape index (κ2) is 4.49. The Morgan fingerprint density at radius 3 is 1.94 bits per heavy atom. The summed E-state index contributed by atoms with van der Waals surface area (Å²) < 4.78 is 75.2. The summed E-state index contributed by atoms with van der Waals surface area (Å²) in [6.45, 7) is -0.893. The standard InChI is InChI=1S/C10H5F6NO/c11-9(12,13)7-2-5(4-18)1-6(3-17)8(7)10(14,15)16/h1-2,18H,4H2. The van der Waals surface area contributed by atoms with Crippen molar-refractivity contribution in [3.63, 3.8) is 0 Å². The molecule has 0 heterocycles. The average molecular weight is 269 g/mol. The molecule has 0 amide bonds. The van der Waals surface area contributed by atoms with Crippen LogP contribution in [-0.2, 0) is 19.0 Å². The molecule has 0 fully saturated rings. The van der Waals surface area contributed by atoms with E-state index in [0.29, 0.717) is 6.07 Å². The average Bonchev–Trinajstić information content (AvgIpc) is 2.24. The van der Waals surface area contributed by atoms with Gasteiger partial charge in [0.1, 0.15) is 0 Å². The van der Waals surface area contributed by atoms with E-state index in [-0.39, 0.29) is 6.07 Å². The molecule has 0 saturated carbocycles. The van der Waals surface area contributed by atoms with Gasteiger partial charge in [0, 0.05) is 0 Å². The van der Waals surface area contributed by atoms with Crippen LogP contribution in [0.2, 0.25) is 0 Å². The van der Waals surface area contributed by atoms with E-state index in [1.165, 1.54) is 0 Å². The number of halogens is 6. The van der Waals surface area contributed by atoms with Crippen LogP contribution in [-0.4, -0.2) is 5.11 Å². The van der Waals surface area contributed by atoms with E-state index in [1.807, 2.05) is 0 Å². The maximum Gasteiger partial charge on any atom is 0.418 e. The number of hydrogen-bond acceptors (Lipinski definition) is 2. The number of aliphatic hydroxyl groups excluding tert-OH is 1. The van der Waals surface area contributed by atoms with Crippen LogP contribution in [0.4, 0.5) is 26.3 Å². The van der Waals surface area contributed by atoms with Crippen molar-refractivity contribution in [1.82, 2.24) is 0 Å². The van der Waals surface area contributed by atoms with Gasteiger partial charge in [-0.25, -0.2) is 0 Å². The van der Waals surface area contributed by atoms with Crippen molar-refractivity contribution in [2.75, 3.05) is 0 Å². The molecule has 1 N–H and O–H groups in total. The van der Waals surface area contributed by atoms with Gasteiger partial charge in [-0.3, -0.25) is 0 Å². The lowest BCUT2D eigenvalue weighted by Crippen LogP contribution is -2.19. The molecular weight excluding hydrogens is 264 g/mol. The highest BCUT2D eigenvalue weighted by Crippen LogP contribution is 2.42. The van der Waals surface area contributed by atoms with Crippen LogP contribution in [0.1, 0.15) is 22.3 Å². The Morgan fingerprint density at radius 2 is 1.61 bits per heavy atom. The summed E-state index contributed by atoms with van der Waals surface area (Å²) in [6.07, 6.45) is -10.6. The number of aliphatic hydroxyl groups is 1. The van der Waals surface area contributed by atoms with Gasteiger partial charge in [-0.1, -0.05) is 0 Å². The minimum absolute atomic E-state index is 0.184. The van der Waals surface area contributed by atoms with E-state index in [9.17, 15) is 26.3 Å². The van der Waals surface area contributed by atoms with Gasteiger partial charge >= 0.3 is 12.4 Å². The van der Waals surface area contributed by atoms with Crippen molar-refractivity contribution >= 4 is 0 Å². The van der Waals surface area contributed by atoms with E-state index < -0.39 is 41.2 Å². The lowest BCUT2D eigenvalue weighted by molar-refractivity contribution is -0.162. The second-order valence-electron chi connectivity index (χ2n) is 3.33. The number of nitriles is 1. The summed E-state index contributed by atoms with van der Waals surface area (Å²) in [7, 11) is 0. The molecule has 0 aromatic heterocycles. The van der Waals surface area contributed by atoms with Crippen LogP contribution in [0.3, 0.4) is 0 Å². The van der Waals surface area contributed by atoms with Crippen LogP contribution in [0.5, 0.6) is 0 Å². The minimum Gasteiger partial charge on any atom is -0.392 e. The zero-order valence-electron chi connectivity index (χ0n) is 8.52. The van der Waals surface area contributed by atoms with Crippen LogP contribution in [0.15, 0.2) is 12.1 Å². The predicted molar refractivity (Wildman–Crippen MR) is 47.1 cm³/mol. The fraction of sp³-hybridized carbons (Fsp3) is 0.300. The van der Waals surface area contributed by atoms with Crippen LogP contribution in [0.25, 0.3) is 0 Å². The van der Waals surface area contributed by atoms with E-state index in [1.54, 1.807) is 0 Å². The topological polar surface area (TPSA) is 44.0 Å². The molecule has 1 rings (SSSR count). The van der Waals surface area contributed by atoms with Crippen LogP contribution >= 0.6 is 0 Å². The third-order valence-corrected chi connectivity index (χ3v) is 2.09. The molecular formula is C10H5F6NO. The zero-order valence-corrected chi connectivity index (χ0v) is 8.52. The van der Waals surface area contributed by atoms with Crippen molar-refractivity contribution in [3.8, 4) is 6.07 Å². The summed E-state index contributed by atoms with van der Waals surface area (Å²) >= 11 is 0. The molecule has 2 nitrogen and oxygen atoms in total. The van der Waals surface area contributed by atoms with Gasteiger partial charge in [-0.2, -0.15) is 31.6 Å². The van der Waals surface area contributed by atoms with Crippen molar-refractivity contribution < 1.29 is 31.4 Å². The molecule has 1 aromatic rings. The third-order valence-electron chi connectivity index (χ3n) is 2.09.